The van der Waals surface area contributed by atoms with Crippen LogP contribution in [0.15, 0.2) is 36.4 Å². The second-order valence-electron chi connectivity index (χ2n) is 11.1. The first kappa shape index (κ1) is 30.0. The third-order valence-electron chi connectivity index (χ3n) is 8.80. The van der Waals surface area contributed by atoms with E-state index in [1.807, 2.05) is 0 Å². The van der Waals surface area contributed by atoms with E-state index in [9.17, 15) is 44.1 Å². The minimum atomic E-state index is -2.98. The van der Waals surface area contributed by atoms with Crippen LogP contribution in [0.25, 0.3) is 11.1 Å². The van der Waals surface area contributed by atoms with Gasteiger partial charge in [-0.2, -0.15) is 0 Å². The molecular weight excluding hydrogens is 564 g/mol. The Bertz CT molecular complexity index is 1550. The number of ether oxygens (including phenoxy) is 2. The number of carbonyl (C=O) groups excluding carboxylic acids is 6. The third-order valence-corrected chi connectivity index (χ3v) is 8.80. The molecule has 3 aliphatic rings. The predicted molar refractivity (Wildman–Crippen MR) is 147 cm³/mol. The Morgan fingerprint density at radius 2 is 1.72 bits per heavy atom. The number of nitrogens with one attached hydrogen (secondary N) is 1. The molecule has 6 N–H and O–H groups in total. The molecule has 0 spiro atoms. The molecular formula is C30H30N2O11. The van der Waals surface area contributed by atoms with Crippen molar-refractivity contribution in [2.75, 3.05) is 25.6 Å². The number of phenolic OH excluding ortho intramolecular Hbond substituents is 1. The summed E-state index contributed by atoms with van der Waals surface area (Å²) in [5, 5.41) is 36.2. The fourth-order valence-electron chi connectivity index (χ4n) is 6.79. The first-order valence-electron chi connectivity index (χ1n) is 13.6. The van der Waals surface area contributed by atoms with Gasteiger partial charge in [-0.3, -0.25) is 29.3 Å². The van der Waals surface area contributed by atoms with E-state index in [0.717, 1.165) is 0 Å². The van der Waals surface area contributed by atoms with Crippen molar-refractivity contribution in [3.05, 3.63) is 47.5 Å². The first-order valence-corrected chi connectivity index (χ1v) is 13.6. The predicted octanol–water partition coefficient (Wildman–Crippen LogP) is 0.721. The highest BCUT2D eigenvalue weighted by atomic mass is 16.6. The number of Topliss-reactive ketones (excluding diaryl/α,β-unsaturated/α-hetero) is 4. The molecule has 2 aromatic carbocycles. The van der Waals surface area contributed by atoms with Crippen molar-refractivity contribution in [3.63, 3.8) is 0 Å². The standard InChI is InChI=1S/C30H30N2O11/c1-12-19-15(13-3-5-14(6-4-13)32-29(40)43-10-9-42-2)7-8-17(33)21(19)25(36)23-20(12)24(35)16-11-18(34)22(28(31)39)26(37)30(16,41)27(23)38/h3-8,12,16,20,22-24,33,35,41H,9-11H2,1-2H3,(H2,31,39)(H,32,40)/t12-,16+,20+,22?,23?,24+,30+/m0/s1. The van der Waals surface area contributed by atoms with Crippen molar-refractivity contribution in [2.24, 2.45) is 29.4 Å². The Hall–Kier alpha value is -4.46. The summed E-state index contributed by atoms with van der Waals surface area (Å²) in [6.45, 7) is 1.93. The zero-order valence-corrected chi connectivity index (χ0v) is 23.2. The SMILES string of the molecule is COCCOC(=O)Nc1ccc(-c2ccc(O)c3c2[C@H](C)[C@@H]2C(C3=O)C(=O)[C@]3(O)C(=O)C(C(N)=O)C(=O)C[C@@H]3[C@H]2O)cc1. The maximum Gasteiger partial charge on any atom is 0.411 e. The number of ketones is 4. The monoisotopic (exact) mass is 594 g/mol. The highest BCUT2D eigenvalue weighted by molar-refractivity contribution is 6.31. The van der Waals surface area contributed by atoms with Crippen molar-refractivity contribution in [3.8, 4) is 16.9 Å². The van der Waals surface area contributed by atoms with Gasteiger partial charge < -0.3 is 30.5 Å². The first-order chi connectivity index (χ1) is 20.3. The van der Waals surface area contributed by atoms with E-state index in [1.54, 1.807) is 37.3 Å². The molecule has 0 bridgehead atoms. The number of aromatic hydroxyl groups is 1. The number of primary amides is 1. The largest absolute Gasteiger partial charge is 0.507 e. The molecule has 0 saturated heterocycles. The van der Waals surface area contributed by atoms with Crippen LogP contribution < -0.4 is 11.1 Å². The fourth-order valence-corrected chi connectivity index (χ4v) is 6.79. The molecule has 13 nitrogen and oxygen atoms in total. The summed E-state index contributed by atoms with van der Waals surface area (Å²) in [4.78, 5) is 77.3. The Morgan fingerprint density at radius 3 is 2.35 bits per heavy atom. The van der Waals surface area contributed by atoms with Crippen LogP contribution in [0.2, 0.25) is 0 Å². The number of methoxy groups -OCH3 is 1. The maximum atomic E-state index is 13.9. The van der Waals surface area contributed by atoms with Gasteiger partial charge in [0.05, 0.1) is 24.2 Å². The Morgan fingerprint density at radius 1 is 1.05 bits per heavy atom. The number of hydrogen-bond acceptors (Lipinski definition) is 11. The number of benzene rings is 2. The summed E-state index contributed by atoms with van der Waals surface area (Å²) in [5.41, 5.74) is 3.82. The second kappa shape index (κ2) is 11.0. The van der Waals surface area contributed by atoms with Crippen LogP contribution >= 0.6 is 0 Å². The van der Waals surface area contributed by atoms with Gasteiger partial charge in [0.1, 0.15) is 12.4 Å². The number of phenols is 1. The van der Waals surface area contributed by atoms with Gasteiger partial charge >= 0.3 is 6.09 Å². The van der Waals surface area contributed by atoms with Crippen LogP contribution in [0.1, 0.15) is 35.2 Å². The van der Waals surface area contributed by atoms with E-state index in [4.69, 9.17) is 15.2 Å². The molecule has 2 unspecified atom stereocenters. The minimum absolute atomic E-state index is 0.0643. The van der Waals surface area contributed by atoms with Crippen LogP contribution in [0.4, 0.5) is 10.5 Å². The van der Waals surface area contributed by atoms with E-state index in [1.165, 1.54) is 13.2 Å². The van der Waals surface area contributed by atoms with Crippen molar-refractivity contribution in [2.45, 2.75) is 31.0 Å². The topological polar surface area (TPSA) is 220 Å². The van der Waals surface area contributed by atoms with Crippen molar-refractivity contribution in [1.82, 2.24) is 0 Å². The quantitative estimate of drug-likeness (QED) is 0.232. The molecule has 7 atom stereocenters. The number of fused-ring (bicyclic) bond motifs is 3. The van der Waals surface area contributed by atoms with Crippen LogP contribution in [0.3, 0.4) is 0 Å². The number of aliphatic hydroxyl groups excluding tert-OH is 1. The van der Waals surface area contributed by atoms with Crippen molar-refractivity contribution in [1.29, 1.82) is 0 Å². The molecule has 3 aliphatic carbocycles. The highest BCUT2D eigenvalue weighted by Gasteiger charge is 2.70. The number of nitrogens with two attached hydrogens (primary N) is 1. The molecule has 0 aromatic heterocycles. The number of rotatable bonds is 6. The molecule has 2 fully saturated rings. The Labute approximate surface area is 245 Å². The average molecular weight is 595 g/mol. The Kier molecular flexibility index (Phi) is 7.67. The zero-order valence-electron chi connectivity index (χ0n) is 23.2. The van der Waals surface area contributed by atoms with E-state index < -0.39 is 88.6 Å². The summed E-state index contributed by atoms with van der Waals surface area (Å²) >= 11 is 0. The molecule has 2 saturated carbocycles. The summed E-state index contributed by atoms with van der Waals surface area (Å²) in [6, 6.07) is 9.34. The molecule has 2 aromatic rings. The second-order valence-corrected chi connectivity index (χ2v) is 11.1. The third kappa shape index (κ3) is 4.60. The van der Waals surface area contributed by atoms with Crippen LogP contribution in [0.5, 0.6) is 5.75 Å². The summed E-state index contributed by atoms with van der Waals surface area (Å²) in [5.74, 6) is -13.7. The highest BCUT2D eigenvalue weighted by Crippen LogP contribution is 2.55. The lowest BCUT2D eigenvalue weighted by atomic mass is 9.50. The molecule has 13 heteroatoms. The summed E-state index contributed by atoms with van der Waals surface area (Å²) in [6.07, 6.45) is -3.03. The lowest BCUT2D eigenvalue weighted by Gasteiger charge is -2.53. The smallest absolute Gasteiger partial charge is 0.411 e. The Balaban J connectivity index is 1.53. The van der Waals surface area contributed by atoms with E-state index in [-0.39, 0.29) is 18.8 Å². The van der Waals surface area contributed by atoms with Gasteiger partial charge in [0.25, 0.3) is 0 Å². The number of anilines is 1. The van der Waals surface area contributed by atoms with Crippen LogP contribution in [-0.2, 0) is 28.7 Å². The van der Waals surface area contributed by atoms with Gasteiger partial charge in [0, 0.05) is 31.1 Å². The van der Waals surface area contributed by atoms with E-state index in [2.05, 4.69) is 5.32 Å². The van der Waals surface area contributed by atoms with Crippen molar-refractivity contribution < 1.29 is 53.6 Å². The zero-order chi connectivity index (χ0) is 31.4. The van der Waals surface area contributed by atoms with Gasteiger partial charge in [0.15, 0.2) is 34.7 Å². The summed E-state index contributed by atoms with van der Waals surface area (Å²) in [7, 11) is 1.47. The minimum Gasteiger partial charge on any atom is -0.507 e. The van der Waals surface area contributed by atoms with E-state index >= 15 is 0 Å². The van der Waals surface area contributed by atoms with Gasteiger partial charge in [-0.25, -0.2) is 4.79 Å². The normalized spacial score (nSPS) is 29.8. The molecule has 0 aliphatic heterocycles. The molecule has 43 heavy (non-hydrogen) atoms. The van der Waals surface area contributed by atoms with Gasteiger partial charge in [0.2, 0.25) is 5.91 Å². The van der Waals surface area contributed by atoms with Crippen LogP contribution in [-0.4, -0.2) is 82.5 Å². The lowest BCUT2D eigenvalue weighted by molar-refractivity contribution is -0.189. The summed E-state index contributed by atoms with van der Waals surface area (Å²) < 4.78 is 9.82. The van der Waals surface area contributed by atoms with Crippen LogP contribution in [0, 0.1) is 23.7 Å². The molecule has 5 rings (SSSR count). The molecule has 0 radical (unpaired) electrons. The fraction of sp³-hybridized carbons (Fsp3) is 0.400. The van der Waals surface area contributed by atoms with Gasteiger partial charge in [-0.15, -0.1) is 0 Å². The number of hydrogen-bond donors (Lipinski definition) is 5. The average Bonchev–Trinajstić information content (AvgIpc) is 2.95. The molecule has 226 valence electrons. The maximum absolute atomic E-state index is 13.9. The molecule has 2 amide bonds. The van der Waals surface area contributed by atoms with Crippen molar-refractivity contribution >= 4 is 40.8 Å². The van der Waals surface area contributed by atoms with Gasteiger partial charge in [-0.05, 0) is 40.8 Å². The number of carbonyl (C=O) groups is 6. The van der Waals surface area contributed by atoms with E-state index in [0.29, 0.717) is 22.4 Å². The number of amides is 2. The van der Waals surface area contributed by atoms with Gasteiger partial charge in [-0.1, -0.05) is 25.1 Å². The lowest BCUT2D eigenvalue weighted by Crippen LogP contribution is -2.72. The molecule has 0 heterocycles. The number of aliphatic hydroxyl groups is 2.